The van der Waals surface area contributed by atoms with Gasteiger partial charge in [0.05, 0.1) is 29.8 Å². The Morgan fingerprint density at radius 3 is 2.04 bits per heavy atom. The van der Waals surface area contributed by atoms with Crippen LogP contribution < -0.4 is 9.42 Å². The summed E-state index contributed by atoms with van der Waals surface area (Å²) in [6.45, 7) is 2.04. The van der Waals surface area contributed by atoms with E-state index in [2.05, 4.69) is 0 Å². The number of halogens is 1. The Morgan fingerprint density at radius 1 is 0.887 bits per heavy atom. The maximum atomic E-state index is 12.3. The number of amides is 1. The predicted molar refractivity (Wildman–Crippen MR) is 229 cm³/mol. The average molecular weight is 904 g/mol. The maximum Gasteiger partial charge on any atom is 0.380 e. The maximum absolute atomic E-state index is 12.3. The summed E-state index contributed by atoms with van der Waals surface area (Å²) in [7, 11) is 7.53. The van der Waals surface area contributed by atoms with Crippen molar-refractivity contribution in [3.8, 4) is 5.75 Å². The molecule has 0 radical (unpaired) electrons. The van der Waals surface area contributed by atoms with Crippen molar-refractivity contribution in [3.05, 3.63) is 95.0 Å². The van der Waals surface area contributed by atoms with Crippen molar-refractivity contribution in [3.63, 3.8) is 0 Å². The lowest BCUT2D eigenvalue weighted by molar-refractivity contribution is -0.142. The van der Waals surface area contributed by atoms with Gasteiger partial charge in [-0.05, 0) is 72.1 Å². The molecule has 2 atom stereocenters. The molecule has 1 aliphatic rings. The Hall–Kier alpha value is -0.900. The minimum Gasteiger partial charge on any atom is -0.465 e. The minimum atomic E-state index is -2.53. The number of esters is 1. The number of ether oxygens (including phenoxy) is 1. The summed E-state index contributed by atoms with van der Waals surface area (Å²) >= 11 is 24.4. The first-order chi connectivity index (χ1) is 25.3. The first-order valence-electron chi connectivity index (χ1n) is 15.9. The number of anilines is 1. The Bertz CT molecular complexity index is 1730. The van der Waals surface area contributed by atoms with E-state index in [1.807, 2.05) is 79.7 Å². The molecule has 0 spiro atoms. The fourth-order valence-electron chi connectivity index (χ4n) is 4.08. The quantitative estimate of drug-likeness (QED) is 0.0772. The van der Waals surface area contributed by atoms with Crippen molar-refractivity contribution in [2.24, 2.45) is 0 Å². The molecule has 294 valence electrons. The van der Waals surface area contributed by atoms with Crippen LogP contribution in [0.3, 0.4) is 0 Å². The van der Waals surface area contributed by atoms with Gasteiger partial charge in [-0.25, -0.2) is 0 Å². The summed E-state index contributed by atoms with van der Waals surface area (Å²) < 4.78 is 41.8. The van der Waals surface area contributed by atoms with E-state index in [1.165, 1.54) is 58.3 Å². The number of nitrogens with zero attached hydrogens (tertiary/aromatic N) is 1. The van der Waals surface area contributed by atoms with Gasteiger partial charge in [0.15, 0.2) is 0 Å². The fraction of sp³-hybridized carbons (Fsp3) is 0.394. The van der Waals surface area contributed by atoms with Crippen LogP contribution in [-0.4, -0.2) is 59.9 Å². The van der Waals surface area contributed by atoms with E-state index >= 15 is 0 Å². The van der Waals surface area contributed by atoms with Gasteiger partial charge in [0.2, 0.25) is 17.3 Å². The molecule has 20 heteroatoms. The van der Waals surface area contributed by atoms with Crippen LogP contribution in [-0.2, 0) is 83.5 Å². The minimum absolute atomic E-state index is 0.00635. The normalized spacial score (nSPS) is 15.6. The molecule has 0 N–H and O–H groups in total. The third-order valence-corrected chi connectivity index (χ3v) is 20.8. The molecule has 1 amide bonds. The number of carbonyl (C=O) groups is 2. The Kier molecular flexibility index (Phi) is 22.5. The van der Waals surface area contributed by atoms with Crippen LogP contribution >= 0.6 is 52.5 Å². The van der Waals surface area contributed by atoms with E-state index in [1.54, 1.807) is 17.9 Å². The monoisotopic (exact) mass is 903 g/mol. The van der Waals surface area contributed by atoms with Gasteiger partial charge < -0.3 is 36.8 Å². The van der Waals surface area contributed by atoms with Crippen LogP contribution in [0, 0.1) is 0 Å². The number of hydrogen-bond donors (Lipinski definition) is 0. The van der Waals surface area contributed by atoms with Crippen molar-refractivity contribution in [1.29, 1.82) is 0 Å². The second-order valence-corrected chi connectivity index (χ2v) is 26.6. The Morgan fingerprint density at radius 2 is 1.47 bits per heavy atom. The molecule has 3 aromatic rings. The predicted octanol–water partition coefficient (Wildman–Crippen LogP) is 10.7. The van der Waals surface area contributed by atoms with Crippen LogP contribution in [0.4, 0.5) is 5.69 Å². The Balaban J connectivity index is 0.000000282. The zero-order valence-corrected chi connectivity index (χ0v) is 37.9. The molecule has 0 aliphatic carbocycles. The van der Waals surface area contributed by atoms with Gasteiger partial charge in [-0.3, -0.25) is 14.1 Å². The Labute approximate surface area is 341 Å². The average Bonchev–Trinajstić information content (AvgIpc) is 3.18. The summed E-state index contributed by atoms with van der Waals surface area (Å²) in [5.74, 6) is 0.800. The molecule has 2 unspecified atom stereocenters. The van der Waals surface area contributed by atoms with Crippen molar-refractivity contribution in [2.45, 2.75) is 38.5 Å². The van der Waals surface area contributed by atoms with Gasteiger partial charge >= 0.3 is 12.7 Å². The van der Waals surface area contributed by atoms with Gasteiger partial charge in [-0.1, -0.05) is 90.6 Å². The molecular weight excluding hydrogens is 859 g/mol. The first-order valence-corrected chi connectivity index (χ1v) is 27.2. The lowest BCUT2D eigenvalue weighted by atomic mass is 10.1. The number of para-hydroxylation sites is 2. The van der Waals surface area contributed by atoms with Crippen LogP contribution in [0.2, 0.25) is 5.02 Å². The van der Waals surface area contributed by atoms with E-state index in [9.17, 15) is 9.59 Å². The highest BCUT2D eigenvalue weighted by atomic mass is 35.5. The van der Waals surface area contributed by atoms with Crippen molar-refractivity contribution >= 4 is 105 Å². The van der Waals surface area contributed by atoms with E-state index in [-0.39, 0.29) is 11.9 Å². The van der Waals surface area contributed by atoms with Gasteiger partial charge in [-0.15, -0.1) is 0 Å². The van der Waals surface area contributed by atoms with E-state index in [0.29, 0.717) is 36.2 Å². The lowest BCUT2D eigenvalue weighted by Crippen LogP contribution is -2.30. The number of rotatable bonds is 16. The van der Waals surface area contributed by atoms with Crippen LogP contribution in [0.5, 0.6) is 5.75 Å². The topological polar surface area (TPSA) is 111 Å². The number of hydrogen-bond acceptors (Lipinski definition) is 15. The van der Waals surface area contributed by atoms with Gasteiger partial charge in [0.1, 0.15) is 11.0 Å². The fourth-order valence-corrected chi connectivity index (χ4v) is 12.1. The molecule has 11 nitrogen and oxygen atoms in total. The molecule has 0 bridgehead atoms. The summed E-state index contributed by atoms with van der Waals surface area (Å²) in [5, 5.41) is -0.00225. The van der Waals surface area contributed by atoms with Crippen molar-refractivity contribution in [1.82, 2.24) is 0 Å². The van der Waals surface area contributed by atoms with Crippen LogP contribution in [0.1, 0.15) is 43.1 Å². The van der Waals surface area contributed by atoms with E-state index in [4.69, 9.17) is 83.4 Å². The SMILES string of the molecule is CCCC(=O)N(CSP(=S)(OC)OC)c1ccccc1Cl.CCOC(=O)C(SP(=S)(OC)OC)c1ccccc1.COP1(=S)OCc2ccccc2O1. The highest BCUT2D eigenvalue weighted by Crippen LogP contribution is 2.65. The number of fused-ring (bicyclic) bond motifs is 1. The van der Waals surface area contributed by atoms with Gasteiger partial charge in [-0.2, -0.15) is 0 Å². The zero-order chi connectivity index (χ0) is 39.5. The smallest absolute Gasteiger partial charge is 0.380 e. The number of benzene rings is 3. The third kappa shape index (κ3) is 15.9. The number of carbonyl (C=O) groups excluding carboxylic acids is 2. The van der Waals surface area contributed by atoms with Crippen LogP contribution in [0.15, 0.2) is 78.9 Å². The molecule has 0 aromatic heterocycles. The lowest BCUT2D eigenvalue weighted by Gasteiger charge is -2.26. The molecule has 0 fully saturated rings. The highest BCUT2D eigenvalue weighted by molar-refractivity contribution is 8.68. The molecule has 1 heterocycles. The standard InChI is InChI=1S/C13H19ClNO3PS2.C12H17O4PS2.C8H9O3PS/c1-4-7-13(16)15(10-21-19(20,17-2)18-3)12-9-6-5-8-11(12)14;1-4-16-12(13)11(10-8-6-5-7-9-10)19-17(18,14-2)15-3;1-9-12(13)10-6-7-4-2-3-5-8(7)11-12/h5-6,8-9H,4,7,10H2,1-3H3;5-9,11H,4H2,1-3H3;2-5H,6H2,1H3. The zero-order valence-electron chi connectivity index (χ0n) is 30.4. The van der Waals surface area contributed by atoms with E-state index < -0.39 is 23.4 Å². The first kappa shape index (κ1) is 48.2. The van der Waals surface area contributed by atoms with Crippen LogP contribution in [0.25, 0.3) is 0 Å². The summed E-state index contributed by atoms with van der Waals surface area (Å²) in [6, 6.07) is 24.3. The second kappa shape index (κ2) is 24.7. The molecule has 0 saturated carbocycles. The second-order valence-electron chi connectivity index (χ2n) is 10.2. The molecule has 53 heavy (non-hydrogen) atoms. The van der Waals surface area contributed by atoms with Crippen molar-refractivity contribution in [2.75, 3.05) is 52.9 Å². The molecule has 0 saturated heterocycles. The van der Waals surface area contributed by atoms with Crippen molar-refractivity contribution < 1.29 is 46.0 Å². The summed E-state index contributed by atoms with van der Waals surface area (Å²) in [4.78, 5) is 26.0. The summed E-state index contributed by atoms with van der Waals surface area (Å²) in [5.41, 5.74) is -2.43. The van der Waals surface area contributed by atoms with Gasteiger partial charge in [0, 0.05) is 59.3 Å². The summed E-state index contributed by atoms with van der Waals surface area (Å²) in [6.07, 6.45) is 1.22. The molecule has 3 aromatic carbocycles. The molecule has 4 rings (SSSR count). The van der Waals surface area contributed by atoms with E-state index in [0.717, 1.165) is 23.3 Å². The largest absolute Gasteiger partial charge is 0.465 e. The third-order valence-electron chi connectivity index (χ3n) is 6.77. The van der Waals surface area contributed by atoms with Gasteiger partial charge in [0.25, 0.3) is 0 Å². The molecule has 1 aliphatic heterocycles. The molecular formula is C33H45ClNO10P3S5. The highest BCUT2D eigenvalue weighted by Gasteiger charge is 2.31.